The molecule has 0 bridgehead atoms. The van der Waals surface area contributed by atoms with Gasteiger partial charge in [0.25, 0.3) is 0 Å². The van der Waals surface area contributed by atoms with Gasteiger partial charge in [-0.15, -0.1) is 0 Å². The number of nitrogens with one attached hydrogen (secondary N) is 1. The molecule has 1 aliphatic rings. The molecule has 1 aliphatic heterocycles. The van der Waals surface area contributed by atoms with E-state index in [1.54, 1.807) is 24.3 Å². The number of hydrogen-bond acceptors (Lipinski definition) is 4. The lowest BCUT2D eigenvalue weighted by atomic mass is 10.1. The average molecular weight is 317 g/mol. The molecular formula is C18H23NO4. The second-order valence-corrected chi connectivity index (χ2v) is 5.68. The number of amides is 1. The van der Waals surface area contributed by atoms with E-state index in [0.717, 1.165) is 12.8 Å². The summed E-state index contributed by atoms with van der Waals surface area (Å²) >= 11 is 0. The molecule has 2 rings (SSSR count). The van der Waals surface area contributed by atoms with Crippen LogP contribution in [0.3, 0.4) is 0 Å². The van der Waals surface area contributed by atoms with Crippen LogP contribution in [0, 0.1) is 0 Å². The van der Waals surface area contributed by atoms with Crippen LogP contribution in [0.1, 0.15) is 51.0 Å². The van der Waals surface area contributed by atoms with Crippen molar-refractivity contribution in [2.75, 3.05) is 5.32 Å². The molecule has 0 aliphatic carbocycles. The van der Waals surface area contributed by atoms with Gasteiger partial charge in [-0.25, -0.2) is 4.79 Å². The summed E-state index contributed by atoms with van der Waals surface area (Å²) in [5.74, 6) is -0.541. The smallest absolute Gasteiger partial charge is 0.333 e. The Labute approximate surface area is 136 Å². The molecule has 1 unspecified atom stereocenters. The Kier molecular flexibility index (Phi) is 6.35. The molecular weight excluding hydrogens is 294 g/mol. The SMILES string of the molecule is CCCCCCCC(=O)Nc1ccc(C2=CC(=O)OC2O)cc1. The molecule has 0 saturated heterocycles. The van der Waals surface area contributed by atoms with Crippen molar-refractivity contribution in [3.05, 3.63) is 35.9 Å². The number of benzene rings is 1. The monoisotopic (exact) mass is 317 g/mol. The van der Waals surface area contributed by atoms with E-state index in [0.29, 0.717) is 23.2 Å². The molecule has 0 aromatic heterocycles. The summed E-state index contributed by atoms with van der Waals surface area (Å²) in [5.41, 5.74) is 1.83. The number of ether oxygens (including phenoxy) is 1. The third-order valence-electron chi connectivity index (χ3n) is 3.78. The number of rotatable bonds is 8. The summed E-state index contributed by atoms with van der Waals surface area (Å²) in [7, 11) is 0. The van der Waals surface area contributed by atoms with Gasteiger partial charge in [-0.05, 0) is 24.1 Å². The van der Waals surface area contributed by atoms with Gasteiger partial charge in [-0.1, -0.05) is 44.7 Å². The van der Waals surface area contributed by atoms with Crippen LogP contribution in [0.4, 0.5) is 5.69 Å². The maximum atomic E-state index is 11.9. The largest absolute Gasteiger partial charge is 0.428 e. The molecule has 0 fully saturated rings. The maximum Gasteiger partial charge on any atom is 0.333 e. The number of hydrogen-bond donors (Lipinski definition) is 2. The lowest BCUT2D eigenvalue weighted by Crippen LogP contribution is -2.11. The molecule has 23 heavy (non-hydrogen) atoms. The van der Waals surface area contributed by atoms with Crippen molar-refractivity contribution in [3.63, 3.8) is 0 Å². The first kappa shape index (κ1) is 17.2. The lowest BCUT2D eigenvalue weighted by molar-refractivity contribution is -0.149. The van der Waals surface area contributed by atoms with Gasteiger partial charge in [0.05, 0.1) is 0 Å². The number of carbonyl (C=O) groups is 2. The van der Waals surface area contributed by atoms with Crippen molar-refractivity contribution in [3.8, 4) is 0 Å². The summed E-state index contributed by atoms with van der Waals surface area (Å²) in [4.78, 5) is 23.0. The van der Waals surface area contributed by atoms with Gasteiger partial charge >= 0.3 is 5.97 Å². The summed E-state index contributed by atoms with van der Waals surface area (Å²) in [6.45, 7) is 2.17. The maximum absolute atomic E-state index is 11.9. The molecule has 0 radical (unpaired) electrons. The first-order chi connectivity index (χ1) is 11.1. The Hall–Kier alpha value is -2.14. The van der Waals surface area contributed by atoms with Crippen LogP contribution in [-0.2, 0) is 14.3 Å². The van der Waals surface area contributed by atoms with Gasteiger partial charge in [0.1, 0.15) is 0 Å². The summed E-state index contributed by atoms with van der Waals surface area (Å²) in [6.07, 6.45) is 6.16. The zero-order valence-electron chi connectivity index (χ0n) is 13.4. The van der Waals surface area contributed by atoms with E-state index in [4.69, 9.17) is 0 Å². The quantitative estimate of drug-likeness (QED) is 0.570. The van der Waals surface area contributed by atoms with Crippen molar-refractivity contribution < 1.29 is 19.4 Å². The van der Waals surface area contributed by atoms with Crippen LogP contribution >= 0.6 is 0 Å². The number of cyclic esters (lactones) is 1. The van der Waals surface area contributed by atoms with Crippen LogP contribution in [0.25, 0.3) is 5.57 Å². The fourth-order valence-corrected chi connectivity index (χ4v) is 2.49. The Morgan fingerprint density at radius 2 is 1.87 bits per heavy atom. The molecule has 0 saturated carbocycles. The van der Waals surface area contributed by atoms with E-state index >= 15 is 0 Å². The molecule has 5 nitrogen and oxygen atoms in total. The molecule has 1 atom stereocenters. The molecule has 0 spiro atoms. The zero-order valence-corrected chi connectivity index (χ0v) is 13.4. The Morgan fingerprint density at radius 3 is 2.48 bits per heavy atom. The third-order valence-corrected chi connectivity index (χ3v) is 3.78. The van der Waals surface area contributed by atoms with Crippen molar-refractivity contribution in [2.24, 2.45) is 0 Å². The van der Waals surface area contributed by atoms with Crippen LogP contribution in [-0.4, -0.2) is 23.3 Å². The standard InChI is InChI=1S/C18H23NO4/c1-2-3-4-5-6-7-16(20)19-14-10-8-13(9-11-14)15-12-17(21)23-18(15)22/h8-12,18,22H,2-7H2,1H3,(H,19,20). The first-order valence-corrected chi connectivity index (χ1v) is 8.10. The van der Waals surface area contributed by atoms with E-state index in [-0.39, 0.29) is 5.91 Å². The van der Waals surface area contributed by atoms with Crippen molar-refractivity contribution >= 4 is 23.1 Å². The Morgan fingerprint density at radius 1 is 1.17 bits per heavy atom. The molecule has 1 heterocycles. The van der Waals surface area contributed by atoms with Crippen LogP contribution < -0.4 is 5.32 Å². The van der Waals surface area contributed by atoms with Gasteiger partial charge in [-0.3, -0.25) is 4.79 Å². The Balaban J connectivity index is 1.82. The highest BCUT2D eigenvalue weighted by Gasteiger charge is 2.24. The lowest BCUT2D eigenvalue weighted by Gasteiger charge is -2.09. The summed E-state index contributed by atoms with van der Waals surface area (Å²) in [5, 5.41) is 12.5. The minimum atomic E-state index is -1.22. The third kappa shape index (κ3) is 5.21. The number of aliphatic hydroxyl groups is 1. The van der Waals surface area contributed by atoms with Crippen molar-refractivity contribution in [2.45, 2.75) is 51.7 Å². The fraction of sp³-hybridized carbons (Fsp3) is 0.444. The highest BCUT2D eigenvalue weighted by atomic mass is 16.6. The van der Waals surface area contributed by atoms with Gasteiger partial charge in [0.15, 0.2) is 0 Å². The number of anilines is 1. The van der Waals surface area contributed by atoms with Gasteiger partial charge in [0.2, 0.25) is 12.2 Å². The van der Waals surface area contributed by atoms with Crippen LogP contribution in [0.15, 0.2) is 30.3 Å². The molecule has 1 aromatic carbocycles. The normalized spacial score (nSPS) is 16.9. The Bertz CT molecular complexity index is 577. The van der Waals surface area contributed by atoms with Crippen molar-refractivity contribution in [1.82, 2.24) is 0 Å². The second kappa shape index (κ2) is 8.48. The second-order valence-electron chi connectivity index (χ2n) is 5.68. The number of unbranched alkanes of at least 4 members (excludes halogenated alkanes) is 4. The molecule has 1 aromatic rings. The number of esters is 1. The van der Waals surface area contributed by atoms with E-state index < -0.39 is 12.3 Å². The van der Waals surface area contributed by atoms with E-state index in [1.165, 1.54) is 25.3 Å². The van der Waals surface area contributed by atoms with Crippen LogP contribution in [0.2, 0.25) is 0 Å². The summed E-state index contributed by atoms with van der Waals surface area (Å²) in [6, 6.07) is 6.99. The number of carbonyl (C=O) groups excluding carboxylic acids is 2. The minimum Gasteiger partial charge on any atom is -0.428 e. The summed E-state index contributed by atoms with van der Waals surface area (Å²) < 4.78 is 4.65. The molecule has 1 amide bonds. The fourth-order valence-electron chi connectivity index (χ4n) is 2.49. The van der Waals surface area contributed by atoms with Gasteiger partial charge in [0, 0.05) is 23.8 Å². The van der Waals surface area contributed by atoms with E-state index in [2.05, 4.69) is 17.0 Å². The van der Waals surface area contributed by atoms with Gasteiger partial charge < -0.3 is 15.2 Å². The highest BCUT2D eigenvalue weighted by Crippen LogP contribution is 2.25. The van der Waals surface area contributed by atoms with Crippen LogP contribution in [0.5, 0.6) is 0 Å². The average Bonchev–Trinajstić information content (AvgIpc) is 2.86. The zero-order chi connectivity index (χ0) is 16.7. The predicted octanol–water partition coefficient (Wildman–Crippen LogP) is 3.24. The van der Waals surface area contributed by atoms with Gasteiger partial charge in [-0.2, -0.15) is 0 Å². The van der Waals surface area contributed by atoms with E-state index in [1.807, 2.05) is 0 Å². The van der Waals surface area contributed by atoms with Crippen molar-refractivity contribution in [1.29, 1.82) is 0 Å². The minimum absolute atomic E-state index is 0.00729. The predicted molar refractivity (Wildman–Crippen MR) is 88.5 cm³/mol. The molecule has 124 valence electrons. The number of aliphatic hydroxyl groups excluding tert-OH is 1. The topological polar surface area (TPSA) is 75.6 Å². The molecule has 5 heteroatoms. The highest BCUT2D eigenvalue weighted by molar-refractivity contribution is 5.97. The van der Waals surface area contributed by atoms with E-state index in [9.17, 15) is 14.7 Å². The first-order valence-electron chi connectivity index (χ1n) is 8.10. The molecule has 2 N–H and O–H groups in total.